The first-order valence-corrected chi connectivity index (χ1v) is 9.86. The lowest BCUT2D eigenvalue weighted by molar-refractivity contribution is 0.0966. The van der Waals surface area contributed by atoms with E-state index >= 15 is 0 Å². The van der Waals surface area contributed by atoms with Crippen LogP contribution in [0.5, 0.6) is 5.75 Å². The Morgan fingerprint density at radius 1 is 0.929 bits per heavy atom. The maximum atomic E-state index is 12.9. The van der Waals surface area contributed by atoms with E-state index in [2.05, 4.69) is 22.8 Å². The van der Waals surface area contributed by atoms with Gasteiger partial charge in [-0.15, -0.1) is 0 Å². The van der Waals surface area contributed by atoms with Crippen LogP contribution in [0.2, 0.25) is 0 Å². The van der Waals surface area contributed by atoms with E-state index in [0.29, 0.717) is 11.3 Å². The van der Waals surface area contributed by atoms with Crippen LogP contribution in [0.25, 0.3) is 5.70 Å². The van der Waals surface area contributed by atoms with Gasteiger partial charge >= 0.3 is 0 Å². The molecule has 1 aliphatic rings. The lowest BCUT2D eigenvalue weighted by Gasteiger charge is -2.12. The number of para-hydroxylation sites is 1. The molecule has 0 saturated carbocycles. The molecule has 0 aromatic heterocycles. The van der Waals surface area contributed by atoms with Crippen molar-refractivity contribution in [1.29, 1.82) is 0 Å². The Balaban J connectivity index is 1.65. The number of benzene rings is 3. The highest BCUT2D eigenvalue weighted by Crippen LogP contribution is 2.42. The van der Waals surface area contributed by atoms with Crippen LogP contribution in [0.4, 0.5) is 0 Å². The highest BCUT2D eigenvalue weighted by atomic mass is 32.2. The standard InChI is InChI=1S/C23H20N2O2S/c1-27-19-15-9-8-14-18(19)21(26)25-23-20(16-10-4-2-5-11-16)24-22(28-23)17-12-6-3-7-13-17/h2-15,22,24H,1H3,(H,25,26). The largest absolute Gasteiger partial charge is 0.496 e. The first-order chi connectivity index (χ1) is 13.8. The number of hydrogen-bond acceptors (Lipinski definition) is 4. The number of amides is 1. The third-order valence-corrected chi connectivity index (χ3v) is 5.65. The molecule has 1 amide bonds. The van der Waals surface area contributed by atoms with Crippen LogP contribution in [0.3, 0.4) is 0 Å². The number of carbonyl (C=O) groups is 1. The molecule has 140 valence electrons. The van der Waals surface area contributed by atoms with Crippen LogP contribution in [0, 0.1) is 0 Å². The third kappa shape index (κ3) is 3.75. The van der Waals surface area contributed by atoms with E-state index < -0.39 is 0 Å². The second-order valence-electron chi connectivity index (χ2n) is 6.28. The molecule has 3 aromatic rings. The van der Waals surface area contributed by atoms with Gasteiger partial charge in [0.25, 0.3) is 5.91 Å². The van der Waals surface area contributed by atoms with Gasteiger partial charge in [0.2, 0.25) is 0 Å². The molecule has 1 heterocycles. The van der Waals surface area contributed by atoms with E-state index in [9.17, 15) is 4.79 Å². The number of thioether (sulfide) groups is 1. The van der Waals surface area contributed by atoms with E-state index in [0.717, 1.165) is 21.9 Å². The summed E-state index contributed by atoms with van der Waals surface area (Å²) in [6.07, 6.45) is 0. The number of rotatable bonds is 5. The quantitative estimate of drug-likeness (QED) is 0.660. The highest BCUT2D eigenvalue weighted by molar-refractivity contribution is 8.03. The lowest BCUT2D eigenvalue weighted by atomic mass is 10.1. The molecule has 1 atom stereocenters. The van der Waals surface area contributed by atoms with E-state index in [1.807, 2.05) is 60.7 Å². The summed E-state index contributed by atoms with van der Waals surface area (Å²) in [6.45, 7) is 0. The molecule has 4 nitrogen and oxygen atoms in total. The molecule has 0 radical (unpaired) electrons. The number of hydrogen-bond donors (Lipinski definition) is 2. The van der Waals surface area contributed by atoms with Crippen molar-refractivity contribution in [2.45, 2.75) is 5.37 Å². The summed E-state index contributed by atoms with van der Waals surface area (Å²) >= 11 is 1.60. The van der Waals surface area contributed by atoms with E-state index in [4.69, 9.17) is 4.74 Å². The molecule has 3 aromatic carbocycles. The van der Waals surface area contributed by atoms with Gasteiger partial charge in [0.1, 0.15) is 16.2 Å². The highest BCUT2D eigenvalue weighted by Gasteiger charge is 2.28. The molecular formula is C23H20N2O2S. The van der Waals surface area contributed by atoms with Gasteiger partial charge in [0.15, 0.2) is 0 Å². The van der Waals surface area contributed by atoms with E-state index in [-0.39, 0.29) is 11.3 Å². The van der Waals surface area contributed by atoms with Gasteiger partial charge in [-0.2, -0.15) is 0 Å². The predicted molar refractivity (Wildman–Crippen MR) is 114 cm³/mol. The van der Waals surface area contributed by atoms with Crippen LogP contribution in [-0.2, 0) is 0 Å². The SMILES string of the molecule is COc1ccccc1C(=O)NC1=C(c2ccccc2)NC(c2ccccc2)S1. The molecule has 28 heavy (non-hydrogen) atoms. The van der Waals surface area contributed by atoms with Crippen LogP contribution in [0.15, 0.2) is 90.0 Å². The fraction of sp³-hybridized carbons (Fsp3) is 0.0870. The second kappa shape index (κ2) is 8.23. The van der Waals surface area contributed by atoms with E-state index in [1.54, 1.807) is 31.0 Å². The summed E-state index contributed by atoms with van der Waals surface area (Å²) in [5.41, 5.74) is 3.61. The first-order valence-electron chi connectivity index (χ1n) is 8.98. The summed E-state index contributed by atoms with van der Waals surface area (Å²) in [4.78, 5) is 12.9. The van der Waals surface area contributed by atoms with Crippen LogP contribution in [-0.4, -0.2) is 13.0 Å². The summed E-state index contributed by atoms with van der Waals surface area (Å²) in [5, 5.41) is 7.47. The molecule has 0 aliphatic carbocycles. The summed E-state index contributed by atoms with van der Waals surface area (Å²) in [6, 6.07) is 27.5. The summed E-state index contributed by atoms with van der Waals surface area (Å²) in [7, 11) is 1.57. The third-order valence-electron chi connectivity index (χ3n) is 4.48. The van der Waals surface area contributed by atoms with Crippen molar-refractivity contribution < 1.29 is 9.53 Å². The van der Waals surface area contributed by atoms with Gasteiger partial charge in [-0.05, 0) is 17.7 Å². The molecule has 1 unspecified atom stereocenters. The second-order valence-corrected chi connectivity index (χ2v) is 7.39. The average molecular weight is 388 g/mol. The minimum atomic E-state index is -0.191. The van der Waals surface area contributed by atoms with Crippen molar-refractivity contribution >= 4 is 23.4 Å². The Labute approximate surface area is 168 Å². The van der Waals surface area contributed by atoms with Gasteiger partial charge < -0.3 is 15.4 Å². The van der Waals surface area contributed by atoms with E-state index in [1.165, 1.54) is 0 Å². The average Bonchev–Trinajstić information content (AvgIpc) is 3.18. The van der Waals surface area contributed by atoms with Crippen molar-refractivity contribution in [3.63, 3.8) is 0 Å². The van der Waals surface area contributed by atoms with Crippen molar-refractivity contribution in [2.75, 3.05) is 7.11 Å². The van der Waals surface area contributed by atoms with Crippen molar-refractivity contribution in [3.05, 3.63) is 107 Å². The fourth-order valence-electron chi connectivity index (χ4n) is 3.10. The normalized spacial score (nSPS) is 15.8. The monoisotopic (exact) mass is 388 g/mol. The number of ether oxygens (including phenoxy) is 1. The molecular weight excluding hydrogens is 368 g/mol. The Bertz CT molecular complexity index is 1000. The Hall–Kier alpha value is -3.18. The topological polar surface area (TPSA) is 50.4 Å². The lowest BCUT2D eigenvalue weighted by Crippen LogP contribution is -2.22. The Kier molecular flexibility index (Phi) is 5.35. The number of carbonyl (C=O) groups excluding carboxylic acids is 1. The molecule has 0 saturated heterocycles. The van der Waals surface area contributed by atoms with Gasteiger partial charge in [-0.1, -0.05) is 84.6 Å². The minimum Gasteiger partial charge on any atom is -0.496 e. The molecule has 0 fully saturated rings. The van der Waals surface area contributed by atoms with Crippen molar-refractivity contribution in [1.82, 2.24) is 10.6 Å². The van der Waals surface area contributed by atoms with Crippen molar-refractivity contribution in [2.24, 2.45) is 0 Å². The van der Waals surface area contributed by atoms with Gasteiger partial charge in [-0.25, -0.2) is 0 Å². The zero-order valence-corrected chi connectivity index (χ0v) is 16.2. The molecule has 1 aliphatic heterocycles. The number of methoxy groups -OCH3 is 1. The van der Waals surface area contributed by atoms with Gasteiger partial charge in [-0.3, -0.25) is 4.79 Å². The maximum absolute atomic E-state index is 12.9. The summed E-state index contributed by atoms with van der Waals surface area (Å²) < 4.78 is 5.33. The van der Waals surface area contributed by atoms with Crippen LogP contribution >= 0.6 is 11.8 Å². The number of nitrogens with one attached hydrogen (secondary N) is 2. The fourth-order valence-corrected chi connectivity index (χ4v) is 4.25. The molecule has 0 bridgehead atoms. The Morgan fingerprint density at radius 3 is 2.29 bits per heavy atom. The van der Waals surface area contributed by atoms with Gasteiger partial charge in [0.05, 0.1) is 18.4 Å². The molecule has 2 N–H and O–H groups in total. The zero-order chi connectivity index (χ0) is 19.3. The van der Waals surface area contributed by atoms with Crippen molar-refractivity contribution in [3.8, 4) is 5.75 Å². The summed E-state index contributed by atoms with van der Waals surface area (Å²) in [5.74, 6) is 0.362. The molecule has 4 rings (SSSR count). The maximum Gasteiger partial charge on any atom is 0.259 e. The van der Waals surface area contributed by atoms with Crippen LogP contribution < -0.4 is 15.4 Å². The molecule has 5 heteroatoms. The molecule has 0 spiro atoms. The van der Waals surface area contributed by atoms with Crippen LogP contribution in [0.1, 0.15) is 26.9 Å². The predicted octanol–water partition coefficient (Wildman–Crippen LogP) is 4.79. The zero-order valence-electron chi connectivity index (χ0n) is 15.4. The Morgan fingerprint density at radius 2 is 1.57 bits per heavy atom. The van der Waals surface area contributed by atoms with Gasteiger partial charge in [0, 0.05) is 5.56 Å². The smallest absolute Gasteiger partial charge is 0.259 e. The minimum absolute atomic E-state index is 0.0318. The first kappa shape index (κ1) is 18.2.